The molecule has 0 aromatic rings. The summed E-state index contributed by atoms with van der Waals surface area (Å²) in [7, 11) is 0. The summed E-state index contributed by atoms with van der Waals surface area (Å²) in [6.45, 7) is 11.0. The van der Waals surface area contributed by atoms with Gasteiger partial charge in [0.05, 0.1) is 0 Å². The Morgan fingerprint density at radius 3 is 1.14 bits per heavy atom. The molecule has 0 N–H and O–H groups in total. The molecule has 0 saturated heterocycles. The molecule has 0 amide bonds. The van der Waals surface area contributed by atoms with E-state index in [1.54, 1.807) is 0 Å². The summed E-state index contributed by atoms with van der Waals surface area (Å²) >= 11 is -1.47. The Labute approximate surface area is 52.8 Å². The minimum atomic E-state index is -1.47. The molecule has 36 valence electrons. The van der Waals surface area contributed by atoms with E-state index in [0.29, 0.717) is 0 Å². The standard InChI is InChI=1S/3C2H3.In/c3*1-2;/h3*1H,2H2;. The van der Waals surface area contributed by atoms with Crippen LogP contribution < -0.4 is 0 Å². The molecule has 0 rings (SSSR count). The zero-order valence-electron chi connectivity index (χ0n) is 4.43. The van der Waals surface area contributed by atoms with Crippen LogP contribution in [0, 0.1) is 0 Å². The van der Waals surface area contributed by atoms with Crippen molar-refractivity contribution in [3.05, 3.63) is 31.2 Å². The number of hydrogen-bond acceptors (Lipinski definition) is 0. The molecule has 0 bridgehead atoms. The molecule has 0 radical (unpaired) electrons. The second-order valence-corrected chi connectivity index (χ2v) is 8.62. The maximum absolute atomic E-state index is 3.65. The molecular formula is C6H9In. The second kappa shape index (κ2) is 4.25. The molecule has 0 nitrogen and oxygen atoms in total. The fourth-order valence-electron chi connectivity index (χ4n) is 0.289. The normalized spacial score (nSPS) is 6.86. The van der Waals surface area contributed by atoms with Gasteiger partial charge in [0.1, 0.15) is 0 Å². The van der Waals surface area contributed by atoms with Gasteiger partial charge in [-0.2, -0.15) is 0 Å². The van der Waals surface area contributed by atoms with E-state index >= 15 is 0 Å². The Morgan fingerprint density at radius 2 is 1.14 bits per heavy atom. The van der Waals surface area contributed by atoms with Gasteiger partial charge in [-0.15, -0.1) is 0 Å². The van der Waals surface area contributed by atoms with Crippen molar-refractivity contribution in [3.8, 4) is 0 Å². The van der Waals surface area contributed by atoms with E-state index in [2.05, 4.69) is 19.7 Å². The van der Waals surface area contributed by atoms with Gasteiger partial charge >= 0.3 is 52.7 Å². The molecule has 0 saturated carbocycles. The van der Waals surface area contributed by atoms with Gasteiger partial charge in [0.25, 0.3) is 0 Å². The van der Waals surface area contributed by atoms with Gasteiger partial charge < -0.3 is 0 Å². The van der Waals surface area contributed by atoms with E-state index in [1.165, 1.54) is 0 Å². The van der Waals surface area contributed by atoms with Crippen molar-refractivity contribution in [2.75, 3.05) is 0 Å². The third-order valence-electron chi connectivity index (χ3n) is 0.816. The molecule has 0 aromatic heterocycles. The van der Waals surface area contributed by atoms with E-state index in [0.717, 1.165) is 0 Å². The van der Waals surface area contributed by atoms with Gasteiger partial charge in [-0.3, -0.25) is 0 Å². The Balaban J connectivity index is 3.57. The fraction of sp³-hybridized carbons (Fsp3) is 0. The van der Waals surface area contributed by atoms with Crippen molar-refractivity contribution in [3.63, 3.8) is 0 Å². The van der Waals surface area contributed by atoms with Crippen molar-refractivity contribution in [2.45, 2.75) is 0 Å². The monoisotopic (exact) mass is 196 g/mol. The molecule has 0 fully saturated rings. The Morgan fingerprint density at radius 1 is 0.857 bits per heavy atom. The van der Waals surface area contributed by atoms with Crippen LogP contribution in [-0.2, 0) is 0 Å². The van der Waals surface area contributed by atoms with Gasteiger partial charge in [-0.1, -0.05) is 0 Å². The summed E-state index contributed by atoms with van der Waals surface area (Å²) in [6.07, 6.45) is 0. The Hall–Kier alpha value is 0.0901. The van der Waals surface area contributed by atoms with E-state index < -0.39 is 21.4 Å². The van der Waals surface area contributed by atoms with E-state index in [4.69, 9.17) is 0 Å². The van der Waals surface area contributed by atoms with Crippen LogP contribution in [0.2, 0.25) is 0 Å². The van der Waals surface area contributed by atoms with Crippen LogP contribution in [0.25, 0.3) is 0 Å². The van der Waals surface area contributed by atoms with Crippen LogP contribution in [0.5, 0.6) is 0 Å². The van der Waals surface area contributed by atoms with Gasteiger partial charge in [0.2, 0.25) is 0 Å². The summed E-state index contributed by atoms with van der Waals surface area (Å²) in [5, 5.41) is 0. The maximum atomic E-state index is 3.65. The average molecular weight is 196 g/mol. The molecule has 0 aromatic carbocycles. The van der Waals surface area contributed by atoms with Crippen LogP contribution in [-0.4, -0.2) is 21.4 Å². The summed E-state index contributed by atoms with van der Waals surface area (Å²) in [6, 6.07) is 0. The third kappa shape index (κ3) is 2.75. The minimum absolute atomic E-state index is 1.47. The van der Waals surface area contributed by atoms with Crippen LogP contribution >= 0.6 is 0 Å². The summed E-state index contributed by atoms with van der Waals surface area (Å²) in [5.41, 5.74) is 0. The van der Waals surface area contributed by atoms with Crippen molar-refractivity contribution >= 4 is 21.4 Å². The van der Waals surface area contributed by atoms with Crippen molar-refractivity contribution in [1.29, 1.82) is 0 Å². The molecule has 7 heavy (non-hydrogen) atoms. The van der Waals surface area contributed by atoms with Crippen LogP contribution in [0.15, 0.2) is 31.2 Å². The summed E-state index contributed by atoms with van der Waals surface area (Å²) in [4.78, 5) is 0. The quantitative estimate of drug-likeness (QED) is 0.643. The van der Waals surface area contributed by atoms with E-state index in [1.807, 2.05) is 11.5 Å². The molecule has 0 heterocycles. The molecular weight excluding hydrogens is 187 g/mol. The average Bonchev–Trinajstić information content (AvgIpc) is 1.72. The third-order valence-corrected chi connectivity index (χ3v) is 5.48. The predicted octanol–water partition coefficient (Wildman–Crippen LogP) is 1.66. The van der Waals surface area contributed by atoms with Crippen LogP contribution in [0.1, 0.15) is 0 Å². The first kappa shape index (κ1) is 7.09. The predicted molar refractivity (Wildman–Crippen MR) is 36.3 cm³/mol. The number of rotatable bonds is 3. The molecule has 1 heteroatoms. The SMILES string of the molecule is C=[CH][In]([CH]=C)[CH]=C. The molecule has 0 aliphatic heterocycles. The first-order valence-corrected chi connectivity index (χ1v) is 7.93. The molecule has 0 unspecified atom stereocenters. The molecule has 0 atom stereocenters. The molecule has 0 spiro atoms. The summed E-state index contributed by atoms with van der Waals surface area (Å²) in [5.74, 6) is 0. The summed E-state index contributed by atoms with van der Waals surface area (Å²) < 4.78 is 6.00. The van der Waals surface area contributed by atoms with Crippen LogP contribution in [0.4, 0.5) is 0 Å². The molecule has 0 aliphatic carbocycles. The second-order valence-electron chi connectivity index (χ2n) is 1.28. The first-order chi connectivity index (χ1) is 3.35. The zero-order chi connectivity index (χ0) is 5.70. The van der Waals surface area contributed by atoms with Crippen molar-refractivity contribution in [2.24, 2.45) is 0 Å². The Kier molecular flexibility index (Phi) is 4.31. The van der Waals surface area contributed by atoms with Gasteiger partial charge in [0.15, 0.2) is 0 Å². The van der Waals surface area contributed by atoms with Gasteiger partial charge in [0, 0.05) is 0 Å². The van der Waals surface area contributed by atoms with Crippen molar-refractivity contribution in [1.82, 2.24) is 0 Å². The topological polar surface area (TPSA) is 0 Å². The van der Waals surface area contributed by atoms with Gasteiger partial charge in [-0.05, 0) is 0 Å². The fourth-order valence-corrected chi connectivity index (χ4v) is 1.94. The zero-order valence-corrected chi connectivity index (χ0v) is 7.73. The van der Waals surface area contributed by atoms with E-state index in [9.17, 15) is 0 Å². The Bertz CT molecular complexity index is 65.2. The van der Waals surface area contributed by atoms with Crippen LogP contribution in [0.3, 0.4) is 0 Å². The van der Waals surface area contributed by atoms with Crippen molar-refractivity contribution < 1.29 is 0 Å². The number of hydrogen-bond donors (Lipinski definition) is 0. The van der Waals surface area contributed by atoms with Gasteiger partial charge in [-0.25, -0.2) is 0 Å². The first-order valence-electron chi connectivity index (χ1n) is 2.22. The van der Waals surface area contributed by atoms with E-state index in [-0.39, 0.29) is 0 Å². The molecule has 0 aliphatic rings.